The minimum atomic E-state index is -4.09. The number of nitro groups is 1. The molecule has 0 bridgehead atoms. The van der Waals surface area contributed by atoms with Crippen LogP contribution < -0.4 is 4.41 Å². The van der Waals surface area contributed by atoms with Crippen LogP contribution in [-0.2, 0) is 10.0 Å². The fourth-order valence-corrected chi connectivity index (χ4v) is 3.09. The Balaban J connectivity index is 2.17. The molecule has 0 aliphatic carbocycles. The SMILES string of the molecule is O=[N+]([O-])c1ccc2c(c1)S(=O)(=O)N(c1ccccn1)N=N2. The van der Waals surface area contributed by atoms with Crippen LogP contribution in [0.3, 0.4) is 0 Å². The summed E-state index contributed by atoms with van der Waals surface area (Å²) in [6, 6.07) is 8.03. The normalized spacial score (nSPS) is 15.5. The van der Waals surface area contributed by atoms with E-state index in [1.165, 1.54) is 24.4 Å². The van der Waals surface area contributed by atoms with Crippen LogP contribution in [0.25, 0.3) is 0 Å². The predicted octanol–water partition coefficient (Wildman–Crippen LogP) is 2.20. The second-order valence-electron chi connectivity index (χ2n) is 4.03. The summed E-state index contributed by atoms with van der Waals surface area (Å²) >= 11 is 0. The van der Waals surface area contributed by atoms with Crippen LogP contribution in [-0.4, -0.2) is 18.3 Å². The van der Waals surface area contributed by atoms with Gasteiger partial charge in [0.1, 0.15) is 10.6 Å². The Kier molecular flexibility index (Phi) is 2.87. The highest BCUT2D eigenvalue weighted by molar-refractivity contribution is 7.93. The van der Waals surface area contributed by atoms with E-state index in [9.17, 15) is 18.5 Å². The summed E-state index contributed by atoms with van der Waals surface area (Å²) in [5, 5.41) is 18.1. The highest BCUT2D eigenvalue weighted by atomic mass is 32.2. The van der Waals surface area contributed by atoms with Crippen LogP contribution in [0.5, 0.6) is 0 Å². The average molecular weight is 305 g/mol. The first-order valence-corrected chi connectivity index (χ1v) is 7.10. The van der Waals surface area contributed by atoms with Crippen molar-refractivity contribution in [3.8, 4) is 0 Å². The molecular weight excluding hydrogens is 298 g/mol. The summed E-state index contributed by atoms with van der Waals surface area (Å²) < 4.78 is 25.6. The third-order valence-electron chi connectivity index (χ3n) is 2.74. The van der Waals surface area contributed by atoms with Crippen LogP contribution in [0.1, 0.15) is 0 Å². The topological polar surface area (TPSA) is 118 Å². The number of rotatable bonds is 2. The maximum atomic E-state index is 12.5. The molecule has 10 heteroatoms. The molecule has 0 amide bonds. The molecule has 0 unspecified atom stereocenters. The van der Waals surface area contributed by atoms with E-state index in [0.717, 1.165) is 6.07 Å². The molecule has 0 saturated heterocycles. The lowest BCUT2D eigenvalue weighted by molar-refractivity contribution is -0.385. The first-order chi connectivity index (χ1) is 10.00. The molecule has 1 aliphatic heterocycles. The van der Waals surface area contributed by atoms with E-state index in [4.69, 9.17) is 0 Å². The van der Waals surface area contributed by atoms with Crippen LogP contribution in [0.4, 0.5) is 17.2 Å². The van der Waals surface area contributed by atoms with Gasteiger partial charge in [0.05, 0.1) is 4.92 Å². The third kappa shape index (κ3) is 2.10. The molecule has 0 radical (unpaired) electrons. The van der Waals surface area contributed by atoms with Crippen molar-refractivity contribution in [2.75, 3.05) is 4.41 Å². The lowest BCUT2D eigenvalue weighted by Gasteiger charge is -2.20. The monoisotopic (exact) mass is 305 g/mol. The summed E-state index contributed by atoms with van der Waals surface area (Å²) in [5.41, 5.74) is -0.289. The van der Waals surface area contributed by atoms with E-state index in [2.05, 4.69) is 15.3 Å². The summed E-state index contributed by atoms with van der Waals surface area (Å²) in [6.07, 6.45) is 1.41. The van der Waals surface area contributed by atoms with Gasteiger partial charge in [-0.2, -0.15) is 8.42 Å². The molecule has 3 rings (SSSR count). The van der Waals surface area contributed by atoms with Gasteiger partial charge in [-0.3, -0.25) is 10.1 Å². The van der Waals surface area contributed by atoms with Gasteiger partial charge in [-0.1, -0.05) is 6.07 Å². The Labute approximate surface area is 118 Å². The Morgan fingerprint density at radius 2 is 2.00 bits per heavy atom. The van der Waals surface area contributed by atoms with Gasteiger partial charge in [0, 0.05) is 18.3 Å². The van der Waals surface area contributed by atoms with E-state index in [1.54, 1.807) is 12.1 Å². The maximum absolute atomic E-state index is 12.5. The zero-order valence-electron chi connectivity index (χ0n) is 10.3. The number of aromatic nitrogens is 1. The molecule has 1 aromatic heterocycles. The number of nitrogens with zero attached hydrogens (tertiary/aromatic N) is 5. The van der Waals surface area contributed by atoms with Crippen molar-refractivity contribution in [2.45, 2.75) is 4.90 Å². The van der Waals surface area contributed by atoms with Crippen LogP contribution in [0.2, 0.25) is 0 Å². The van der Waals surface area contributed by atoms with E-state index >= 15 is 0 Å². The summed E-state index contributed by atoms with van der Waals surface area (Å²) in [4.78, 5) is 13.7. The minimum Gasteiger partial charge on any atom is -0.258 e. The van der Waals surface area contributed by atoms with Gasteiger partial charge < -0.3 is 0 Å². The zero-order valence-corrected chi connectivity index (χ0v) is 11.1. The number of fused-ring (bicyclic) bond motifs is 1. The van der Waals surface area contributed by atoms with Gasteiger partial charge in [-0.15, -0.1) is 9.53 Å². The minimum absolute atomic E-state index is 0.0489. The molecular formula is C11H7N5O4S. The quantitative estimate of drug-likeness (QED) is 0.622. The van der Waals surface area contributed by atoms with Gasteiger partial charge in [-0.25, -0.2) is 4.98 Å². The summed E-state index contributed by atoms with van der Waals surface area (Å²) in [7, 11) is -4.09. The van der Waals surface area contributed by atoms with Gasteiger partial charge in [-0.05, 0) is 23.4 Å². The number of non-ortho nitro benzene ring substituents is 1. The van der Waals surface area contributed by atoms with E-state index in [0.29, 0.717) is 4.41 Å². The standard InChI is InChI=1S/C11H7N5O4S/c17-16(18)8-4-5-9-10(7-8)21(19,20)15(14-13-9)11-3-1-2-6-12-11/h1-7H. The number of benzene rings is 1. The molecule has 1 aromatic carbocycles. The Morgan fingerprint density at radius 3 is 2.67 bits per heavy atom. The molecule has 0 atom stereocenters. The van der Waals surface area contributed by atoms with E-state index < -0.39 is 14.9 Å². The number of anilines is 1. The van der Waals surface area contributed by atoms with Crippen molar-refractivity contribution in [3.63, 3.8) is 0 Å². The molecule has 0 fully saturated rings. The number of hydrogen-bond donors (Lipinski definition) is 0. The fourth-order valence-electron chi connectivity index (χ4n) is 1.77. The van der Waals surface area contributed by atoms with Crippen LogP contribution >= 0.6 is 0 Å². The van der Waals surface area contributed by atoms with Crippen LogP contribution in [0.15, 0.2) is 57.8 Å². The molecule has 2 aromatic rings. The highest BCUT2D eigenvalue weighted by Gasteiger charge is 2.33. The largest absolute Gasteiger partial charge is 0.288 e. The molecule has 21 heavy (non-hydrogen) atoms. The van der Waals surface area contributed by atoms with Gasteiger partial charge in [0.2, 0.25) is 0 Å². The number of pyridine rings is 1. The van der Waals surface area contributed by atoms with Crippen molar-refractivity contribution in [1.29, 1.82) is 0 Å². The number of hydrogen-bond acceptors (Lipinski definition) is 7. The lowest BCUT2D eigenvalue weighted by atomic mass is 10.3. The summed E-state index contributed by atoms with van der Waals surface area (Å²) in [6.45, 7) is 0. The van der Waals surface area contributed by atoms with Crippen molar-refractivity contribution in [2.24, 2.45) is 10.3 Å². The van der Waals surface area contributed by atoms with E-state index in [1.807, 2.05) is 0 Å². The Bertz CT molecular complexity index is 850. The molecule has 106 valence electrons. The molecule has 9 nitrogen and oxygen atoms in total. The Morgan fingerprint density at radius 1 is 1.19 bits per heavy atom. The third-order valence-corrected chi connectivity index (χ3v) is 4.34. The maximum Gasteiger partial charge on any atom is 0.288 e. The van der Waals surface area contributed by atoms with Crippen LogP contribution in [0, 0.1) is 10.1 Å². The van der Waals surface area contributed by atoms with Crippen molar-refractivity contribution in [1.82, 2.24) is 4.98 Å². The van der Waals surface area contributed by atoms with Crippen molar-refractivity contribution < 1.29 is 13.3 Å². The zero-order chi connectivity index (χ0) is 15.0. The smallest absolute Gasteiger partial charge is 0.258 e. The fraction of sp³-hybridized carbons (Fsp3) is 0. The molecule has 0 saturated carbocycles. The molecule has 0 spiro atoms. The first-order valence-electron chi connectivity index (χ1n) is 5.66. The average Bonchev–Trinajstić information content (AvgIpc) is 2.47. The first kappa shape index (κ1) is 13.1. The van der Waals surface area contributed by atoms with E-state index in [-0.39, 0.29) is 22.1 Å². The van der Waals surface area contributed by atoms with Gasteiger partial charge in [0.15, 0.2) is 5.82 Å². The molecule has 1 aliphatic rings. The number of sulfonamides is 1. The number of nitro benzene ring substituents is 1. The van der Waals surface area contributed by atoms with Gasteiger partial charge in [0.25, 0.3) is 15.7 Å². The predicted molar refractivity (Wildman–Crippen MR) is 71.5 cm³/mol. The van der Waals surface area contributed by atoms with Crippen molar-refractivity contribution >= 4 is 27.2 Å². The molecule has 0 N–H and O–H groups in total. The Hall–Kier alpha value is -2.88. The summed E-state index contributed by atoms with van der Waals surface area (Å²) in [5.74, 6) is 0.0541. The highest BCUT2D eigenvalue weighted by Crippen LogP contribution is 2.36. The second kappa shape index (κ2) is 4.59. The lowest BCUT2D eigenvalue weighted by Crippen LogP contribution is -2.28. The molecule has 2 heterocycles. The second-order valence-corrected chi connectivity index (χ2v) is 5.77. The van der Waals surface area contributed by atoms with Gasteiger partial charge >= 0.3 is 0 Å². The van der Waals surface area contributed by atoms with Crippen molar-refractivity contribution in [3.05, 3.63) is 52.7 Å².